The number of ether oxygens (including phenoxy) is 1. The maximum Gasteiger partial charge on any atom is 0.333 e. The molecule has 0 N–H and O–H groups in total. The van der Waals surface area contributed by atoms with Crippen LogP contribution in [0.5, 0.6) is 0 Å². The van der Waals surface area contributed by atoms with E-state index in [9.17, 15) is 4.79 Å². The van der Waals surface area contributed by atoms with Gasteiger partial charge in [0.2, 0.25) is 0 Å². The minimum Gasteiger partial charge on any atom is -0.462 e. The van der Waals surface area contributed by atoms with Crippen molar-refractivity contribution in [2.75, 3.05) is 6.61 Å². The van der Waals surface area contributed by atoms with E-state index in [1.54, 1.807) is 6.92 Å². The highest BCUT2D eigenvalue weighted by molar-refractivity contribution is 5.88. The van der Waals surface area contributed by atoms with Crippen LogP contribution in [-0.4, -0.2) is 12.6 Å². The summed E-state index contributed by atoms with van der Waals surface area (Å²) >= 11 is 0. The zero-order chi connectivity index (χ0) is 9.56. The van der Waals surface area contributed by atoms with Crippen molar-refractivity contribution in [3.8, 4) is 0 Å². The summed E-state index contributed by atoms with van der Waals surface area (Å²) < 4.78 is 5.01. The minimum atomic E-state index is -0.177. The van der Waals surface area contributed by atoms with E-state index < -0.39 is 0 Å². The average molecular weight is 170 g/mol. The number of carbonyl (C=O) groups is 1. The van der Waals surface area contributed by atoms with E-state index in [0.29, 0.717) is 6.61 Å². The summed E-state index contributed by atoms with van der Waals surface area (Å²) in [5.74, 6) is -0.177. The van der Waals surface area contributed by atoms with Crippen molar-refractivity contribution in [3.05, 3.63) is 11.1 Å². The molecule has 0 bridgehead atoms. The van der Waals surface area contributed by atoms with Gasteiger partial charge in [0.25, 0.3) is 0 Å². The van der Waals surface area contributed by atoms with Gasteiger partial charge in [-0.1, -0.05) is 18.9 Å². The molecule has 0 unspecified atom stereocenters. The molecule has 0 heterocycles. The van der Waals surface area contributed by atoms with E-state index in [0.717, 1.165) is 24.0 Å². The van der Waals surface area contributed by atoms with Gasteiger partial charge >= 0.3 is 5.97 Å². The molecule has 0 saturated heterocycles. The van der Waals surface area contributed by atoms with E-state index in [1.807, 2.05) is 13.8 Å². The molecule has 0 radical (unpaired) electrons. The van der Waals surface area contributed by atoms with Crippen LogP contribution in [-0.2, 0) is 9.53 Å². The fourth-order valence-electron chi connectivity index (χ4n) is 0.622. The van der Waals surface area contributed by atoms with E-state index in [1.165, 1.54) is 0 Å². The first-order valence-electron chi connectivity index (χ1n) is 4.40. The zero-order valence-electron chi connectivity index (χ0n) is 8.44. The molecule has 0 fully saturated rings. The van der Waals surface area contributed by atoms with E-state index in [2.05, 4.69) is 6.92 Å². The first kappa shape index (κ1) is 11.2. The molecule has 0 aliphatic carbocycles. The number of esters is 1. The van der Waals surface area contributed by atoms with Crippen LogP contribution in [0.3, 0.4) is 0 Å². The Morgan fingerprint density at radius 3 is 2.25 bits per heavy atom. The van der Waals surface area contributed by atoms with Gasteiger partial charge in [-0.05, 0) is 27.2 Å². The molecule has 0 atom stereocenters. The molecular formula is C10H18O2. The monoisotopic (exact) mass is 170 g/mol. The van der Waals surface area contributed by atoms with Gasteiger partial charge in [-0.3, -0.25) is 0 Å². The van der Waals surface area contributed by atoms with Crippen LogP contribution < -0.4 is 0 Å². The third kappa shape index (κ3) is 4.16. The Morgan fingerprint density at radius 2 is 1.83 bits per heavy atom. The molecule has 70 valence electrons. The van der Waals surface area contributed by atoms with Gasteiger partial charge in [-0.25, -0.2) is 4.79 Å². The Bertz CT molecular complexity index is 176. The summed E-state index contributed by atoms with van der Waals surface area (Å²) in [5, 5.41) is 0. The molecular weight excluding hydrogens is 152 g/mol. The maximum atomic E-state index is 11.2. The number of rotatable bonds is 4. The lowest BCUT2D eigenvalue weighted by Gasteiger charge is -2.04. The molecule has 0 saturated carbocycles. The first-order valence-corrected chi connectivity index (χ1v) is 4.40. The van der Waals surface area contributed by atoms with Gasteiger partial charge in [-0.15, -0.1) is 0 Å². The molecule has 0 aromatic rings. The number of hydrogen-bond acceptors (Lipinski definition) is 2. The lowest BCUT2D eigenvalue weighted by atomic mass is 10.2. The fourth-order valence-corrected chi connectivity index (χ4v) is 0.622. The van der Waals surface area contributed by atoms with E-state index >= 15 is 0 Å². The molecule has 0 spiro atoms. The van der Waals surface area contributed by atoms with Crippen molar-refractivity contribution in [2.45, 2.75) is 40.5 Å². The maximum absolute atomic E-state index is 11.2. The van der Waals surface area contributed by atoms with Crippen molar-refractivity contribution in [3.63, 3.8) is 0 Å². The number of unbranched alkanes of at least 4 members (excludes halogenated alkanes) is 1. The molecule has 12 heavy (non-hydrogen) atoms. The van der Waals surface area contributed by atoms with Crippen molar-refractivity contribution in [1.29, 1.82) is 0 Å². The van der Waals surface area contributed by atoms with Crippen molar-refractivity contribution < 1.29 is 9.53 Å². The molecule has 0 aliphatic heterocycles. The van der Waals surface area contributed by atoms with Gasteiger partial charge in [0.15, 0.2) is 0 Å². The second-order valence-corrected chi connectivity index (χ2v) is 3.11. The van der Waals surface area contributed by atoms with Crippen LogP contribution >= 0.6 is 0 Å². The highest BCUT2D eigenvalue weighted by atomic mass is 16.5. The van der Waals surface area contributed by atoms with Crippen LogP contribution in [0.1, 0.15) is 40.5 Å². The summed E-state index contributed by atoms with van der Waals surface area (Å²) in [6, 6.07) is 0. The Kier molecular flexibility index (Phi) is 5.43. The van der Waals surface area contributed by atoms with Crippen LogP contribution in [0, 0.1) is 0 Å². The summed E-state index contributed by atoms with van der Waals surface area (Å²) in [5.41, 5.74) is 1.75. The number of hydrogen-bond donors (Lipinski definition) is 0. The van der Waals surface area contributed by atoms with Gasteiger partial charge in [-0.2, -0.15) is 0 Å². The van der Waals surface area contributed by atoms with Gasteiger partial charge in [0.05, 0.1) is 6.61 Å². The minimum absolute atomic E-state index is 0.177. The molecule has 0 aliphatic rings. The van der Waals surface area contributed by atoms with Crippen molar-refractivity contribution in [1.82, 2.24) is 0 Å². The van der Waals surface area contributed by atoms with Crippen LogP contribution in [0.25, 0.3) is 0 Å². The highest BCUT2D eigenvalue weighted by Crippen LogP contribution is 2.04. The zero-order valence-corrected chi connectivity index (χ0v) is 8.44. The predicted molar refractivity (Wildman–Crippen MR) is 49.9 cm³/mol. The molecule has 2 heteroatoms. The fraction of sp³-hybridized carbons (Fsp3) is 0.700. The molecule has 0 aromatic heterocycles. The summed E-state index contributed by atoms with van der Waals surface area (Å²) in [6.45, 7) is 8.23. The largest absolute Gasteiger partial charge is 0.462 e. The highest BCUT2D eigenvalue weighted by Gasteiger charge is 2.05. The van der Waals surface area contributed by atoms with Gasteiger partial charge in [0, 0.05) is 5.57 Å². The van der Waals surface area contributed by atoms with Crippen LogP contribution in [0.4, 0.5) is 0 Å². The van der Waals surface area contributed by atoms with Gasteiger partial charge in [0.1, 0.15) is 0 Å². The standard InChI is InChI=1S/C10H18O2/c1-5-6-7-12-10(11)9(4)8(2)3/h5-7H2,1-4H3. The predicted octanol–water partition coefficient (Wildman–Crippen LogP) is 2.69. The summed E-state index contributed by atoms with van der Waals surface area (Å²) in [6.07, 6.45) is 2.00. The Morgan fingerprint density at radius 1 is 1.25 bits per heavy atom. The molecule has 0 amide bonds. The Labute approximate surface area is 74.6 Å². The van der Waals surface area contributed by atoms with Crippen molar-refractivity contribution in [2.24, 2.45) is 0 Å². The third-order valence-corrected chi connectivity index (χ3v) is 1.79. The molecule has 0 aromatic carbocycles. The number of allylic oxidation sites excluding steroid dienone is 1. The lowest BCUT2D eigenvalue weighted by molar-refractivity contribution is -0.139. The smallest absolute Gasteiger partial charge is 0.333 e. The second kappa shape index (κ2) is 5.81. The van der Waals surface area contributed by atoms with Crippen molar-refractivity contribution >= 4 is 5.97 Å². The lowest BCUT2D eigenvalue weighted by Crippen LogP contribution is -2.07. The summed E-state index contributed by atoms with van der Waals surface area (Å²) in [4.78, 5) is 11.2. The third-order valence-electron chi connectivity index (χ3n) is 1.79. The SMILES string of the molecule is CCCCOC(=O)C(C)=C(C)C. The average Bonchev–Trinajstić information content (AvgIpc) is 2.03. The topological polar surface area (TPSA) is 26.3 Å². The summed E-state index contributed by atoms with van der Waals surface area (Å²) in [7, 11) is 0. The Hall–Kier alpha value is -0.790. The second-order valence-electron chi connectivity index (χ2n) is 3.11. The van der Waals surface area contributed by atoms with E-state index in [-0.39, 0.29) is 5.97 Å². The molecule has 2 nitrogen and oxygen atoms in total. The first-order chi connectivity index (χ1) is 5.59. The van der Waals surface area contributed by atoms with Crippen LogP contribution in [0.15, 0.2) is 11.1 Å². The normalized spacial score (nSPS) is 9.33. The van der Waals surface area contributed by atoms with E-state index in [4.69, 9.17) is 4.74 Å². The quantitative estimate of drug-likeness (QED) is 0.368. The number of carbonyl (C=O) groups excluding carboxylic acids is 1. The van der Waals surface area contributed by atoms with Crippen LogP contribution in [0.2, 0.25) is 0 Å². The molecule has 0 rings (SSSR count). The Balaban J connectivity index is 3.81. The van der Waals surface area contributed by atoms with Gasteiger partial charge < -0.3 is 4.74 Å².